The van der Waals surface area contributed by atoms with E-state index in [1.54, 1.807) is 19.2 Å². The van der Waals surface area contributed by atoms with E-state index in [2.05, 4.69) is 22.3 Å². The first-order chi connectivity index (χ1) is 12.2. The second-order valence-corrected chi connectivity index (χ2v) is 6.47. The Morgan fingerprint density at radius 3 is 2.56 bits per heavy atom. The summed E-state index contributed by atoms with van der Waals surface area (Å²) in [6.45, 7) is 0. The van der Waals surface area contributed by atoms with Crippen LogP contribution in [0, 0.1) is 0 Å². The molecule has 0 radical (unpaired) electrons. The molecule has 0 amide bonds. The molecule has 5 nitrogen and oxygen atoms in total. The van der Waals surface area contributed by atoms with Crippen LogP contribution >= 0.6 is 11.8 Å². The zero-order valence-electron chi connectivity index (χ0n) is 14.2. The van der Waals surface area contributed by atoms with Gasteiger partial charge in [0, 0.05) is 13.5 Å². The van der Waals surface area contributed by atoms with Crippen LogP contribution in [0.15, 0.2) is 59.8 Å². The predicted octanol–water partition coefficient (Wildman–Crippen LogP) is 3.39. The van der Waals surface area contributed by atoms with Gasteiger partial charge in [0.05, 0.1) is 18.4 Å². The minimum Gasteiger partial charge on any atom is -0.496 e. The van der Waals surface area contributed by atoms with Gasteiger partial charge >= 0.3 is 0 Å². The molecule has 0 aliphatic carbocycles. The summed E-state index contributed by atoms with van der Waals surface area (Å²) in [5, 5.41) is 9.19. The molecular formula is C19H19N3O2S. The van der Waals surface area contributed by atoms with Gasteiger partial charge in [0.15, 0.2) is 10.9 Å². The predicted molar refractivity (Wildman–Crippen MR) is 98.3 cm³/mol. The van der Waals surface area contributed by atoms with Gasteiger partial charge in [-0.3, -0.25) is 4.79 Å². The van der Waals surface area contributed by atoms with Crippen molar-refractivity contribution in [3.63, 3.8) is 0 Å². The largest absolute Gasteiger partial charge is 0.496 e. The summed E-state index contributed by atoms with van der Waals surface area (Å²) in [4.78, 5) is 12.4. The highest BCUT2D eigenvalue weighted by Crippen LogP contribution is 2.23. The van der Waals surface area contributed by atoms with Crippen LogP contribution in [0.5, 0.6) is 5.75 Å². The number of Topliss-reactive ketones (excluding diaryl/α,β-unsaturated/α-hetero) is 1. The van der Waals surface area contributed by atoms with E-state index in [-0.39, 0.29) is 11.5 Å². The number of carbonyl (C=O) groups is 1. The van der Waals surface area contributed by atoms with E-state index in [1.165, 1.54) is 17.3 Å². The third-order valence-corrected chi connectivity index (χ3v) is 4.89. The second kappa shape index (κ2) is 7.98. The Morgan fingerprint density at radius 1 is 1.08 bits per heavy atom. The number of thioether (sulfide) groups is 1. The number of ketones is 1. The van der Waals surface area contributed by atoms with Crippen LogP contribution in [0.1, 0.15) is 21.7 Å². The standard InChI is InChI=1S/C19H19N3O2S/c1-22-18(12-14-8-4-3-5-9-14)20-21-19(22)25-13-16(23)15-10-6-7-11-17(15)24-2/h3-11H,12-13H2,1-2H3. The third-order valence-electron chi connectivity index (χ3n) is 3.87. The van der Waals surface area contributed by atoms with Gasteiger partial charge in [-0.05, 0) is 17.7 Å². The molecule has 1 aromatic heterocycles. The molecule has 0 spiro atoms. The molecule has 0 aliphatic rings. The summed E-state index contributed by atoms with van der Waals surface area (Å²) in [6.07, 6.45) is 0.714. The van der Waals surface area contributed by atoms with Crippen molar-refractivity contribution >= 4 is 17.5 Å². The van der Waals surface area contributed by atoms with E-state index in [4.69, 9.17) is 4.74 Å². The maximum Gasteiger partial charge on any atom is 0.191 e. The molecule has 0 fully saturated rings. The highest BCUT2D eigenvalue weighted by molar-refractivity contribution is 7.99. The number of rotatable bonds is 7. The number of hydrogen-bond acceptors (Lipinski definition) is 5. The summed E-state index contributed by atoms with van der Waals surface area (Å²) in [6, 6.07) is 17.4. The molecule has 3 rings (SSSR count). The van der Waals surface area contributed by atoms with Crippen molar-refractivity contribution in [2.24, 2.45) is 7.05 Å². The number of aromatic nitrogens is 3. The first kappa shape index (κ1) is 17.2. The Morgan fingerprint density at radius 2 is 1.80 bits per heavy atom. The van der Waals surface area contributed by atoms with Crippen molar-refractivity contribution in [1.82, 2.24) is 14.8 Å². The topological polar surface area (TPSA) is 57.0 Å². The smallest absolute Gasteiger partial charge is 0.191 e. The van der Waals surface area contributed by atoms with Crippen molar-refractivity contribution in [3.05, 3.63) is 71.5 Å². The second-order valence-electron chi connectivity index (χ2n) is 5.53. The Labute approximate surface area is 151 Å². The first-order valence-electron chi connectivity index (χ1n) is 7.90. The van der Waals surface area contributed by atoms with Crippen LogP contribution in [0.3, 0.4) is 0 Å². The highest BCUT2D eigenvalue weighted by Gasteiger charge is 2.15. The fraction of sp³-hybridized carbons (Fsp3) is 0.211. The number of carbonyl (C=O) groups excluding carboxylic acids is 1. The quantitative estimate of drug-likeness (QED) is 0.481. The van der Waals surface area contributed by atoms with Gasteiger partial charge in [-0.1, -0.05) is 54.2 Å². The summed E-state index contributed by atoms with van der Waals surface area (Å²) in [5.41, 5.74) is 1.77. The lowest BCUT2D eigenvalue weighted by Crippen LogP contribution is -2.06. The monoisotopic (exact) mass is 353 g/mol. The SMILES string of the molecule is COc1ccccc1C(=O)CSc1nnc(Cc2ccccc2)n1C. The maximum absolute atomic E-state index is 12.4. The lowest BCUT2D eigenvalue weighted by atomic mass is 10.1. The van der Waals surface area contributed by atoms with Gasteiger partial charge in [0.1, 0.15) is 11.6 Å². The lowest BCUT2D eigenvalue weighted by molar-refractivity contribution is 0.101. The van der Waals surface area contributed by atoms with Gasteiger partial charge in [-0.15, -0.1) is 10.2 Å². The molecule has 25 heavy (non-hydrogen) atoms. The zero-order chi connectivity index (χ0) is 17.6. The van der Waals surface area contributed by atoms with Crippen LogP contribution in [-0.4, -0.2) is 33.4 Å². The van der Waals surface area contributed by atoms with Gasteiger partial charge < -0.3 is 9.30 Å². The summed E-state index contributed by atoms with van der Waals surface area (Å²) >= 11 is 1.38. The minimum absolute atomic E-state index is 0.00931. The summed E-state index contributed by atoms with van der Waals surface area (Å²) in [7, 11) is 3.49. The molecule has 0 aliphatic heterocycles. The Hall–Kier alpha value is -2.60. The zero-order valence-corrected chi connectivity index (χ0v) is 15.0. The average molecular weight is 353 g/mol. The van der Waals surface area contributed by atoms with E-state index in [1.807, 2.05) is 41.9 Å². The van der Waals surface area contributed by atoms with Crippen molar-refractivity contribution in [1.29, 1.82) is 0 Å². The van der Waals surface area contributed by atoms with E-state index >= 15 is 0 Å². The van der Waals surface area contributed by atoms with E-state index in [0.29, 0.717) is 17.7 Å². The van der Waals surface area contributed by atoms with Gasteiger partial charge in [-0.25, -0.2) is 0 Å². The molecular weight excluding hydrogens is 334 g/mol. The minimum atomic E-state index is 0.00931. The van der Waals surface area contributed by atoms with Gasteiger partial charge in [0.25, 0.3) is 0 Å². The molecule has 128 valence electrons. The summed E-state index contributed by atoms with van der Waals surface area (Å²) < 4.78 is 7.19. The van der Waals surface area contributed by atoms with Gasteiger partial charge in [0.2, 0.25) is 0 Å². The fourth-order valence-corrected chi connectivity index (χ4v) is 3.30. The summed E-state index contributed by atoms with van der Waals surface area (Å²) in [5.74, 6) is 1.77. The number of benzene rings is 2. The van der Waals surface area contributed by atoms with E-state index < -0.39 is 0 Å². The molecule has 0 N–H and O–H groups in total. The van der Waals surface area contributed by atoms with Gasteiger partial charge in [-0.2, -0.15) is 0 Å². The van der Waals surface area contributed by atoms with E-state index in [9.17, 15) is 4.79 Å². The third kappa shape index (κ3) is 4.09. The molecule has 0 saturated carbocycles. The lowest BCUT2D eigenvalue weighted by Gasteiger charge is -2.07. The number of nitrogens with zero attached hydrogens (tertiary/aromatic N) is 3. The maximum atomic E-state index is 12.4. The Bertz CT molecular complexity index is 862. The average Bonchev–Trinajstić information content (AvgIpc) is 3.00. The number of para-hydroxylation sites is 1. The van der Waals surface area contributed by atoms with E-state index in [0.717, 1.165) is 11.0 Å². The van der Waals surface area contributed by atoms with Crippen molar-refractivity contribution in [3.8, 4) is 5.75 Å². The van der Waals surface area contributed by atoms with Crippen molar-refractivity contribution in [2.45, 2.75) is 11.6 Å². The van der Waals surface area contributed by atoms with Crippen LogP contribution in [0.4, 0.5) is 0 Å². The Balaban J connectivity index is 1.67. The molecule has 6 heteroatoms. The number of ether oxygens (including phenoxy) is 1. The van der Waals surface area contributed by atoms with Crippen molar-refractivity contribution < 1.29 is 9.53 Å². The molecule has 0 atom stereocenters. The highest BCUT2D eigenvalue weighted by atomic mass is 32.2. The van der Waals surface area contributed by atoms with Crippen LogP contribution in [-0.2, 0) is 13.5 Å². The number of hydrogen-bond donors (Lipinski definition) is 0. The normalized spacial score (nSPS) is 10.6. The van der Waals surface area contributed by atoms with Crippen LogP contribution in [0.2, 0.25) is 0 Å². The molecule has 0 bridgehead atoms. The Kier molecular flexibility index (Phi) is 5.50. The number of methoxy groups -OCH3 is 1. The van der Waals surface area contributed by atoms with Crippen molar-refractivity contribution in [2.75, 3.05) is 12.9 Å². The molecule has 1 heterocycles. The first-order valence-corrected chi connectivity index (χ1v) is 8.89. The molecule has 2 aromatic carbocycles. The molecule has 0 saturated heterocycles. The fourth-order valence-electron chi connectivity index (χ4n) is 2.49. The van der Waals surface area contributed by atoms with Crippen LogP contribution < -0.4 is 4.74 Å². The van der Waals surface area contributed by atoms with Crippen LogP contribution in [0.25, 0.3) is 0 Å². The molecule has 0 unspecified atom stereocenters. The molecule has 3 aromatic rings.